The topological polar surface area (TPSA) is 117 Å². The predicted molar refractivity (Wildman–Crippen MR) is 243 cm³/mol. The maximum Gasteiger partial charge on any atom is 0.472 e. The molecule has 0 spiro atoms. The number of hydrogen-bond acceptors (Lipinski definition) is 7. The molecule has 9 heteroatoms. The van der Waals surface area contributed by atoms with Crippen LogP contribution < -0.4 is 5.73 Å². The molecule has 2 atom stereocenters. The second-order valence-electron chi connectivity index (χ2n) is 15.6. The van der Waals surface area contributed by atoms with Crippen molar-refractivity contribution in [3.8, 4) is 0 Å². The Morgan fingerprint density at radius 1 is 0.544 bits per heavy atom. The number of ether oxygens (including phenoxy) is 2. The molecule has 3 N–H and O–H groups in total. The number of rotatable bonds is 45. The number of esters is 1. The normalized spacial score (nSPS) is 13.8. The molecule has 0 aliphatic rings. The molecule has 0 amide bonds. The lowest BCUT2D eigenvalue weighted by Crippen LogP contribution is -2.28. The summed E-state index contributed by atoms with van der Waals surface area (Å²) in [5, 5.41) is 0. The van der Waals surface area contributed by atoms with Crippen molar-refractivity contribution in [2.45, 2.75) is 219 Å². The number of hydrogen-bond donors (Lipinski definition) is 2. The molecule has 334 valence electrons. The third-order valence-electron chi connectivity index (χ3n) is 10.0. The molecule has 57 heavy (non-hydrogen) atoms. The lowest BCUT2D eigenvalue weighted by atomic mass is 10.0. The van der Waals surface area contributed by atoms with Crippen LogP contribution in [0.15, 0.2) is 48.6 Å². The fraction of sp³-hybridized carbons (Fsp3) is 0.812. The average Bonchev–Trinajstić information content (AvgIpc) is 3.20. The van der Waals surface area contributed by atoms with Crippen molar-refractivity contribution in [3.63, 3.8) is 0 Å². The highest BCUT2D eigenvalue weighted by Crippen LogP contribution is 2.43. The molecule has 0 saturated carbocycles. The molecule has 0 radical (unpaired) electrons. The Bertz CT molecular complexity index is 1010. The third kappa shape index (κ3) is 45.4. The number of carbonyl (C=O) groups is 1. The minimum Gasteiger partial charge on any atom is -0.457 e. The molecule has 0 fully saturated rings. The lowest BCUT2D eigenvalue weighted by Gasteiger charge is -2.20. The number of phosphoric ester groups is 1. The van der Waals surface area contributed by atoms with Gasteiger partial charge in [-0.2, -0.15) is 0 Å². The van der Waals surface area contributed by atoms with E-state index >= 15 is 0 Å². The molecule has 0 saturated heterocycles. The van der Waals surface area contributed by atoms with Gasteiger partial charge in [0.05, 0.1) is 19.8 Å². The van der Waals surface area contributed by atoms with Crippen LogP contribution in [-0.4, -0.2) is 49.9 Å². The van der Waals surface area contributed by atoms with Gasteiger partial charge in [0.1, 0.15) is 6.10 Å². The minimum atomic E-state index is -4.28. The Morgan fingerprint density at radius 3 is 1.47 bits per heavy atom. The lowest BCUT2D eigenvalue weighted by molar-refractivity contribution is -0.154. The van der Waals surface area contributed by atoms with E-state index in [0.29, 0.717) is 13.0 Å². The summed E-state index contributed by atoms with van der Waals surface area (Å²) in [6, 6.07) is 0. The highest BCUT2D eigenvalue weighted by atomic mass is 31.2. The summed E-state index contributed by atoms with van der Waals surface area (Å²) in [5.74, 6) is -0.332. The van der Waals surface area contributed by atoms with Crippen molar-refractivity contribution >= 4 is 13.8 Å². The van der Waals surface area contributed by atoms with E-state index in [-0.39, 0.29) is 32.3 Å². The molecule has 8 nitrogen and oxygen atoms in total. The van der Waals surface area contributed by atoms with Crippen molar-refractivity contribution in [3.05, 3.63) is 48.6 Å². The van der Waals surface area contributed by atoms with E-state index in [1.165, 1.54) is 128 Å². The maximum atomic E-state index is 12.6. The Morgan fingerprint density at radius 2 is 0.982 bits per heavy atom. The molecular formula is C48H90NO7P. The van der Waals surface area contributed by atoms with Crippen LogP contribution in [0.1, 0.15) is 213 Å². The number of carbonyl (C=O) groups excluding carboxylic acids is 1. The van der Waals surface area contributed by atoms with Gasteiger partial charge in [0, 0.05) is 19.6 Å². The van der Waals surface area contributed by atoms with E-state index in [2.05, 4.69) is 62.5 Å². The molecule has 0 aliphatic carbocycles. The first-order chi connectivity index (χ1) is 27.9. The van der Waals surface area contributed by atoms with Crippen LogP contribution in [0.5, 0.6) is 0 Å². The Labute approximate surface area is 351 Å². The highest BCUT2D eigenvalue weighted by molar-refractivity contribution is 7.47. The molecule has 0 aromatic rings. The van der Waals surface area contributed by atoms with E-state index in [4.69, 9.17) is 24.3 Å². The van der Waals surface area contributed by atoms with Crippen molar-refractivity contribution in [1.82, 2.24) is 0 Å². The predicted octanol–water partition coefficient (Wildman–Crippen LogP) is 14.4. The van der Waals surface area contributed by atoms with Crippen LogP contribution in [0, 0.1) is 0 Å². The number of phosphoric acid groups is 1. The van der Waals surface area contributed by atoms with E-state index in [9.17, 15) is 14.3 Å². The van der Waals surface area contributed by atoms with Crippen LogP contribution in [0.25, 0.3) is 0 Å². The van der Waals surface area contributed by atoms with Gasteiger partial charge in [-0.05, 0) is 51.4 Å². The first-order valence-electron chi connectivity index (χ1n) is 23.6. The average molecular weight is 824 g/mol. The van der Waals surface area contributed by atoms with Crippen molar-refractivity contribution in [2.75, 3.05) is 33.0 Å². The largest absolute Gasteiger partial charge is 0.472 e. The fourth-order valence-corrected chi connectivity index (χ4v) is 7.34. The summed E-state index contributed by atoms with van der Waals surface area (Å²) in [4.78, 5) is 22.5. The zero-order chi connectivity index (χ0) is 41.6. The third-order valence-corrected chi connectivity index (χ3v) is 11.0. The second kappa shape index (κ2) is 45.5. The number of unbranched alkanes of at least 4 members (excludes halogenated alkanes) is 24. The monoisotopic (exact) mass is 824 g/mol. The van der Waals surface area contributed by atoms with E-state index < -0.39 is 13.9 Å². The van der Waals surface area contributed by atoms with Crippen LogP contribution in [0.4, 0.5) is 0 Å². The van der Waals surface area contributed by atoms with E-state index in [0.717, 1.165) is 64.2 Å². The Kier molecular flexibility index (Phi) is 44.3. The van der Waals surface area contributed by atoms with E-state index in [1.807, 2.05) is 0 Å². The molecule has 0 rings (SSSR count). The van der Waals surface area contributed by atoms with Crippen LogP contribution >= 0.6 is 7.82 Å². The van der Waals surface area contributed by atoms with E-state index in [1.54, 1.807) is 0 Å². The standard InChI is InChI=1S/C48H90NO7P/c1-3-5-7-9-11-13-15-17-19-21-23-24-26-28-30-32-34-36-38-40-43-53-45-47(46-55-57(51,52)54-44-42-49)56-48(50)41-39-37-35-33-31-29-27-25-22-20-18-16-14-12-10-8-6-4-2/h5,7,11,13,17,19,23-24,47H,3-4,6,8-10,12,14-16,18,20-22,25-46,49H2,1-2H3,(H,51,52)/b7-5-,13-11-,19-17-,24-23-. The summed E-state index contributed by atoms with van der Waals surface area (Å²) < 4.78 is 33.5. The Balaban J connectivity index is 3.99. The first-order valence-corrected chi connectivity index (χ1v) is 25.1. The first kappa shape index (κ1) is 55.5. The van der Waals surface area contributed by atoms with Gasteiger partial charge in [0.2, 0.25) is 0 Å². The highest BCUT2D eigenvalue weighted by Gasteiger charge is 2.25. The van der Waals surface area contributed by atoms with Gasteiger partial charge in [-0.25, -0.2) is 4.57 Å². The quantitative estimate of drug-likeness (QED) is 0.0270. The van der Waals surface area contributed by atoms with Gasteiger partial charge < -0.3 is 20.1 Å². The maximum absolute atomic E-state index is 12.6. The van der Waals surface area contributed by atoms with Gasteiger partial charge in [-0.3, -0.25) is 13.8 Å². The SMILES string of the molecule is CC/C=C\C/C=C\C/C=C\C/C=C\CCCCCCCCCOCC(COP(=O)(O)OCCN)OC(=O)CCCCCCCCCCCCCCCCCCCC. The van der Waals surface area contributed by atoms with Gasteiger partial charge >= 0.3 is 13.8 Å². The molecule has 0 aromatic carbocycles. The van der Waals surface area contributed by atoms with Gasteiger partial charge in [0.25, 0.3) is 0 Å². The fourth-order valence-electron chi connectivity index (χ4n) is 6.58. The molecule has 0 aliphatic heterocycles. The molecule has 0 bridgehead atoms. The van der Waals surface area contributed by atoms with Gasteiger partial charge in [-0.1, -0.05) is 204 Å². The number of nitrogens with two attached hydrogens (primary N) is 1. The molecule has 0 aromatic heterocycles. The smallest absolute Gasteiger partial charge is 0.457 e. The van der Waals surface area contributed by atoms with Gasteiger partial charge in [-0.15, -0.1) is 0 Å². The summed E-state index contributed by atoms with van der Waals surface area (Å²) in [6.07, 6.45) is 54.2. The summed E-state index contributed by atoms with van der Waals surface area (Å²) in [5.41, 5.74) is 5.38. The summed E-state index contributed by atoms with van der Waals surface area (Å²) in [7, 11) is -4.28. The molecule has 2 unspecified atom stereocenters. The molecular weight excluding hydrogens is 734 g/mol. The van der Waals surface area contributed by atoms with Crippen LogP contribution in [0.2, 0.25) is 0 Å². The number of allylic oxidation sites excluding steroid dienone is 8. The zero-order valence-electron chi connectivity index (χ0n) is 37.1. The summed E-state index contributed by atoms with van der Waals surface area (Å²) in [6.45, 7) is 4.81. The summed E-state index contributed by atoms with van der Waals surface area (Å²) >= 11 is 0. The Hall–Kier alpha value is -1.54. The van der Waals surface area contributed by atoms with Crippen molar-refractivity contribution in [1.29, 1.82) is 0 Å². The van der Waals surface area contributed by atoms with Crippen LogP contribution in [-0.2, 0) is 27.9 Å². The second-order valence-corrected chi connectivity index (χ2v) is 17.1. The minimum absolute atomic E-state index is 0.0978. The van der Waals surface area contributed by atoms with Crippen LogP contribution in [0.3, 0.4) is 0 Å². The zero-order valence-corrected chi connectivity index (χ0v) is 38.0. The molecule has 0 heterocycles. The van der Waals surface area contributed by atoms with Gasteiger partial charge in [0.15, 0.2) is 0 Å². The van der Waals surface area contributed by atoms with Crippen molar-refractivity contribution < 1.29 is 32.8 Å². The van der Waals surface area contributed by atoms with Crippen molar-refractivity contribution in [2.24, 2.45) is 5.73 Å².